The fourth-order valence-electron chi connectivity index (χ4n) is 2.41. The van der Waals surface area contributed by atoms with Gasteiger partial charge >= 0.3 is 0 Å². The van der Waals surface area contributed by atoms with Crippen LogP contribution in [0.5, 0.6) is 11.5 Å². The molecule has 116 valence electrons. The minimum atomic E-state index is -0.599. The summed E-state index contributed by atoms with van der Waals surface area (Å²) in [5.74, 6) is 1.56. The maximum absolute atomic E-state index is 12.7. The molecule has 0 radical (unpaired) electrons. The van der Waals surface area contributed by atoms with Gasteiger partial charge in [0, 0.05) is 20.1 Å². The van der Waals surface area contributed by atoms with Crippen molar-refractivity contribution in [3.05, 3.63) is 23.8 Å². The second kappa shape index (κ2) is 6.35. The summed E-state index contributed by atoms with van der Waals surface area (Å²) >= 11 is 0. The number of likely N-dealkylation sites (N-methyl/N-ethyl adjacent to an activating group) is 2. The van der Waals surface area contributed by atoms with E-state index in [1.165, 1.54) is 0 Å². The summed E-state index contributed by atoms with van der Waals surface area (Å²) in [4.78, 5) is 14.4. The number of carbonyl (C=O) groups is 1. The Kier molecular flexibility index (Phi) is 4.73. The minimum Gasteiger partial charge on any atom is -0.486 e. The van der Waals surface area contributed by atoms with Crippen molar-refractivity contribution in [2.24, 2.45) is 0 Å². The molecule has 0 spiro atoms. The van der Waals surface area contributed by atoms with Crippen LogP contribution in [0.1, 0.15) is 19.4 Å². The van der Waals surface area contributed by atoms with Crippen LogP contribution in [0.25, 0.3) is 0 Å². The van der Waals surface area contributed by atoms with Crippen LogP contribution in [0.2, 0.25) is 0 Å². The fourth-order valence-corrected chi connectivity index (χ4v) is 2.41. The Labute approximate surface area is 126 Å². The average molecular weight is 292 g/mol. The highest BCUT2D eigenvalue weighted by atomic mass is 16.6. The van der Waals surface area contributed by atoms with E-state index in [-0.39, 0.29) is 5.91 Å². The Hall–Kier alpha value is -1.75. The zero-order chi connectivity index (χ0) is 15.5. The second-order valence-electron chi connectivity index (χ2n) is 5.81. The van der Waals surface area contributed by atoms with Crippen LogP contribution in [-0.2, 0) is 10.2 Å². The molecule has 5 heteroatoms. The largest absolute Gasteiger partial charge is 0.486 e. The van der Waals surface area contributed by atoms with Gasteiger partial charge < -0.3 is 19.7 Å². The molecule has 0 aliphatic carbocycles. The normalized spacial score (nSPS) is 13.9. The van der Waals surface area contributed by atoms with Gasteiger partial charge in [0.2, 0.25) is 5.91 Å². The zero-order valence-electron chi connectivity index (χ0n) is 13.2. The third-order valence-corrected chi connectivity index (χ3v) is 3.84. The van der Waals surface area contributed by atoms with E-state index in [9.17, 15) is 4.79 Å². The third-order valence-electron chi connectivity index (χ3n) is 3.84. The molecular weight excluding hydrogens is 268 g/mol. The summed E-state index contributed by atoms with van der Waals surface area (Å²) in [6.45, 7) is 6.46. The fraction of sp³-hybridized carbons (Fsp3) is 0.562. The van der Waals surface area contributed by atoms with Gasteiger partial charge in [-0.3, -0.25) is 4.79 Å². The van der Waals surface area contributed by atoms with E-state index >= 15 is 0 Å². The highest BCUT2D eigenvalue weighted by molar-refractivity contribution is 5.87. The molecule has 21 heavy (non-hydrogen) atoms. The van der Waals surface area contributed by atoms with E-state index in [0.29, 0.717) is 19.8 Å². The number of hydrogen-bond acceptors (Lipinski definition) is 4. The monoisotopic (exact) mass is 292 g/mol. The number of carbonyl (C=O) groups excluding carboxylic acids is 1. The molecule has 1 amide bonds. The molecule has 1 aromatic rings. The molecule has 5 nitrogen and oxygen atoms in total. The summed E-state index contributed by atoms with van der Waals surface area (Å²) < 4.78 is 11.1. The molecule has 0 fully saturated rings. The SMILES string of the molecule is CNCCN(C)C(=O)C(C)(C)c1ccc2c(c1)OCCO2. The van der Waals surface area contributed by atoms with Gasteiger partial charge in [-0.1, -0.05) is 6.07 Å². The van der Waals surface area contributed by atoms with Crippen LogP contribution in [0.3, 0.4) is 0 Å². The molecule has 0 unspecified atom stereocenters. The molecule has 1 N–H and O–H groups in total. The molecule has 0 saturated carbocycles. The summed E-state index contributed by atoms with van der Waals surface area (Å²) in [6.07, 6.45) is 0. The minimum absolute atomic E-state index is 0.0921. The summed E-state index contributed by atoms with van der Waals surface area (Å²) in [7, 11) is 3.71. The van der Waals surface area contributed by atoms with Crippen molar-refractivity contribution in [2.45, 2.75) is 19.3 Å². The van der Waals surface area contributed by atoms with E-state index in [0.717, 1.165) is 23.6 Å². The number of ether oxygens (including phenoxy) is 2. The lowest BCUT2D eigenvalue weighted by atomic mass is 9.83. The van der Waals surface area contributed by atoms with E-state index < -0.39 is 5.41 Å². The Bertz CT molecular complexity index is 514. The van der Waals surface area contributed by atoms with Gasteiger partial charge in [-0.25, -0.2) is 0 Å². The first kappa shape index (κ1) is 15.6. The Morgan fingerprint density at radius 2 is 1.95 bits per heavy atom. The van der Waals surface area contributed by atoms with Gasteiger partial charge in [0.1, 0.15) is 13.2 Å². The first-order valence-electron chi connectivity index (χ1n) is 7.27. The maximum atomic E-state index is 12.7. The summed E-state index contributed by atoms with van der Waals surface area (Å²) in [5.41, 5.74) is 0.339. The van der Waals surface area contributed by atoms with Crippen molar-refractivity contribution in [1.29, 1.82) is 0 Å². The molecule has 1 aliphatic heterocycles. The Morgan fingerprint density at radius 3 is 2.62 bits per heavy atom. The van der Waals surface area contributed by atoms with E-state index in [2.05, 4.69) is 5.32 Å². The lowest BCUT2D eigenvalue weighted by Gasteiger charge is -2.31. The van der Waals surface area contributed by atoms with Crippen LogP contribution in [-0.4, -0.2) is 51.2 Å². The van der Waals surface area contributed by atoms with Crippen molar-refractivity contribution in [1.82, 2.24) is 10.2 Å². The quantitative estimate of drug-likeness (QED) is 0.891. The number of nitrogens with zero attached hydrogens (tertiary/aromatic N) is 1. The maximum Gasteiger partial charge on any atom is 0.232 e. The number of nitrogens with one attached hydrogen (secondary N) is 1. The van der Waals surface area contributed by atoms with Crippen LogP contribution in [0.4, 0.5) is 0 Å². The standard InChI is InChI=1S/C16H24N2O3/c1-16(2,15(19)18(4)8-7-17-3)12-5-6-13-14(11-12)21-10-9-20-13/h5-6,11,17H,7-10H2,1-4H3. The van der Waals surface area contributed by atoms with Crippen LogP contribution in [0.15, 0.2) is 18.2 Å². The van der Waals surface area contributed by atoms with Crippen LogP contribution < -0.4 is 14.8 Å². The number of hydrogen-bond donors (Lipinski definition) is 1. The summed E-state index contributed by atoms with van der Waals surface area (Å²) in [6, 6.07) is 5.74. The van der Waals surface area contributed by atoms with Crippen molar-refractivity contribution in [3.8, 4) is 11.5 Å². The predicted octanol–water partition coefficient (Wildman–Crippen LogP) is 1.41. The summed E-state index contributed by atoms with van der Waals surface area (Å²) in [5, 5.41) is 3.06. The second-order valence-corrected chi connectivity index (χ2v) is 5.81. The van der Waals surface area contributed by atoms with Gasteiger partial charge in [-0.2, -0.15) is 0 Å². The molecule has 0 bridgehead atoms. The third kappa shape index (κ3) is 3.29. The average Bonchev–Trinajstić information content (AvgIpc) is 2.51. The van der Waals surface area contributed by atoms with Crippen molar-refractivity contribution in [3.63, 3.8) is 0 Å². The zero-order valence-corrected chi connectivity index (χ0v) is 13.2. The molecule has 1 heterocycles. The first-order valence-corrected chi connectivity index (χ1v) is 7.27. The molecular formula is C16H24N2O3. The van der Waals surface area contributed by atoms with Crippen molar-refractivity contribution >= 4 is 5.91 Å². The molecule has 0 atom stereocenters. The van der Waals surface area contributed by atoms with Crippen LogP contribution in [0, 0.1) is 0 Å². The van der Waals surface area contributed by atoms with Crippen LogP contribution >= 0.6 is 0 Å². The topological polar surface area (TPSA) is 50.8 Å². The van der Waals surface area contributed by atoms with E-state index in [1.54, 1.807) is 4.90 Å². The lowest BCUT2D eigenvalue weighted by Crippen LogP contribution is -2.43. The number of rotatable bonds is 5. The predicted molar refractivity (Wildman–Crippen MR) is 82.0 cm³/mol. The molecule has 0 aromatic heterocycles. The number of amides is 1. The van der Waals surface area contributed by atoms with E-state index in [4.69, 9.17) is 9.47 Å². The van der Waals surface area contributed by atoms with Crippen molar-refractivity contribution in [2.75, 3.05) is 40.4 Å². The highest BCUT2D eigenvalue weighted by Crippen LogP contribution is 2.35. The number of fused-ring (bicyclic) bond motifs is 1. The van der Waals surface area contributed by atoms with E-state index in [1.807, 2.05) is 46.1 Å². The van der Waals surface area contributed by atoms with Gasteiger partial charge in [-0.15, -0.1) is 0 Å². The molecule has 2 rings (SSSR count). The van der Waals surface area contributed by atoms with Gasteiger partial charge in [0.05, 0.1) is 5.41 Å². The van der Waals surface area contributed by atoms with Gasteiger partial charge in [-0.05, 0) is 38.6 Å². The Balaban J connectivity index is 2.20. The highest BCUT2D eigenvalue weighted by Gasteiger charge is 2.33. The van der Waals surface area contributed by atoms with Gasteiger partial charge in [0.15, 0.2) is 11.5 Å². The molecule has 1 aliphatic rings. The molecule has 1 aromatic carbocycles. The first-order chi connectivity index (χ1) is 9.96. The van der Waals surface area contributed by atoms with Crippen molar-refractivity contribution < 1.29 is 14.3 Å². The Morgan fingerprint density at radius 1 is 1.29 bits per heavy atom. The number of benzene rings is 1. The molecule has 0 saturated heterocycles. The smallest absolute Gasteiger partial charge is 0.232 e. The lowest BCUT2D eigenvalue weighted by molar-refractivity contribution is -0.134. The van der Waals surface area contributed by atoms with Gasteiger partial charge in [0.25, 0.3) is 0 Å².